The van der Waals surface area contributed by atoms with Crippen LogP contribution in [0.15, 0.2) is 24.3 Å². The molecule has 1 aliphatic rings. The van der Waals surface area contributed by atoms with Crippen molar-refractivity contribution in [1.82, 2.24) is 4.90 Å². The Morgan fingerprint density at radius 3 is 1.56 bits per heavy atom. The van der Waals surface area contributed by atoms with E-state index in [2.05, 4.69) is 4.90 Å². The number of hydrogen-bond donors (Lipinski definition) is 1. The highest BCUT2D eigenvalue weighted by atomic mass is 16.6. The zero-order chi connectivity index (χ0) is 28.2. The minimum Gasteiger partial charge on any atom is -0.444 e. The van der Waals surface area contributed by atoms with Gasteiger partial charge in [-0.2, -0.15) is 0 Å². The summed E-state index contributed by atoms with van der Waals surface area (Å²) in [5.74, 6) is 0. The largest absolute Gasteiger partial charge is 0.444 e. The highest BCUT2D eigenvalue weighted by Gasteiger charge is 2.22. The summed E-state index contributed by atoms with van der Waals surface area (Å²) in [5, 5.41) is 9.42. The molecule has 0 radical (unpaired) electrons. The van der Waals surface area contributed by atoms with E-state index in [-0.39, 0.29) is 13.2 Å². The summed E-state index contributed by atoms with van der Waals surface area (Å²) >= 11 is 0. The third-order valence-electron chi connectivity index (χ3n) is 5.57. The smallest absolute Gasteiger partial charge is 0.410 e. The number of carbonyl (C=O) groups excluding carboxylic acids is 1. The van der Waals surface area contributed by atoms with Gasteiger partial charge in [0.05, 0.1) is 85.9 Å². The maximum absolute atomic E-state index is 12.5. The Balaban J connectivity index is 1.92. The maximum Gasteiger partial charge on any atom is 0.410 e. The fourth-order valence-corrected chi connectivity index (χ4v) is 3.64. The number of nitrogens with zero attached hydrogens (tertiary/aromatic N) is 2. The molecule has 11 nitrogen and oxygen atoms in total. The molecule has 1 aliphatic heterocycles. The number of anilines is 1. The van der Waals surface area contributed by atoms with Crippen molar-refractivity contribution >= 4 is 11.8 Å². The Labute approximate surface area is 233 Å². The summed E-state index contributed by atoms with van der Waals surface area (Å²) in [7, 11) is 0. The normalized spacial score (nSPS) is 18.6. The van der Waals surface area contributed by atoms with E-state index in [0.29, 0.717) is 98.9 Å². The van der Waals surface area contributed by atoms with Crippen molar-refractivity contribution in [3.63, 3.8) is 0 Å². The van der Waals surface area contributed by atoms with Gasteiger partial charge in [0.2, 0.25) is 0 Å². The lowest BCUT2D eigenvalue weighted by Crippen LogP contribution is -2.38. The van der Waals surface area contributed by atoms with Gasteiger partial charge in [-0.3, -0.25) is 0 Å². The zero-order valence-corrected chi connectivity index (χ0v) is 23.9. The van der Waals surface area contributed by atoms with Gasteiger partial charge in [-0.1, -0.05) is 12.1 Å². The highest BCUT2D eigenvalue weighted by Crippen LogP contribution is 2.18. The average Bonchev–Trinajstić information content (AvgIpc) is 2.89. The van der Waals surface area contributed by atoms with Gasteiger partial charge in [0.1, 0.15) is 5.60 Å². The second-order valence-electron chi connectivity index (χ2n) is 9.95. The van der Waals surface area contributed by atoms with E-state index < -0.39 is 11.7 Å². The molecule has 224 valence electrons. The first kappa shape index (κ1) is 33.2. The number of carbonyl (C=O) groups is 1. The van der Waals surface area contributed by atoms with Crippen LogP contribution in [-0.4, -0.2) is 127 Å². The molecule has 2 rings (SSSR count). The first-order chi connectivity index (χ1) is 18.9. The summed E-state index contributed by atoms with van der Waals surface area (Å²) in [6.45, 7) is 13.5. The Kier molecular flexibility index (Phi) is 17.0. The van der Waals surface area contributed by atoms with Crippen LogP contribution in [0.25, 0.3) is 0 Å². The van der Waals surface area contributed by atoms with E-state index in [1.807, 2.05) is 45.0 Å². The third kappa shape index (κ3) is 16.0. The Hall–Kier alpha value is -1.99. The standard InChI is InChI=1S/C28H48N2O9/c1-28(2,3)39-27(32)30(8-11-31)24-25-4-6-26(7-5-25)29-9-12-33-14-16-35-18-20-37-22-23-38-21-19-36-17-15-34-13-10-29/h4-7,31H,8-24H2,1-3H3. The van der Waals surface area contributed by atoms with Gasteiger partial charge in [-0.15, -0.1) is 0 Å². The quantitative estimate of drug-likeness (QED) is 0.581. The fraction of sp³-hybridized carbons (Fsp3) is 0.750. The SMILES string of the molecule is CC(C)(C)OC(=O)N(CCO)Cc1ccc(N2CCOCCOCCOCCOCCOCCOCC2)cc1. The molecule has 0 atom stereocenters. The topological polar surface area (TPSA) is 108 Å². The molecule has 1 heterocycles. The molecule has 0 aliphatic carbocycles. The predicted octanol–water partition coefficient (Wildman–Crippen LogP) is 2.34. The van der Waals surface area contributed by atoms with Crippen LogP contribution in [0.3, 0.4) is 0 Å². The van der Waals surface area contributed by atoms with E-state index in [1.54, 1.807) is 0 Å². The van der Waals surface area contributed by atoms with Crippen LogP contribution in [0.4, 0.5) is 10.5 Å². The van der Waals surface area contributed by atoms with E-state index in [0.717, 1.165) is 11.3 Å². The van der Waals surface area contributed by atoms with Crippen LogP contribution in [-0.2, 0) is 39.7 Å². The van der Waals surface area contributed by atoms with Gasteiger partial charge < -0.3 is 48.1 Å². The van der Waals surface area contributed by atoms with Crippen molar-refractivity contribution in [2.24, 2.45) is 0 Å². The monoisotopic (exact) mass is 556 g/mol. The molecule has 0 spiro atoms. The minimum absolute atomic E-state index is 0.136. The van der Waals surface area contributed by atoms with Crippen molar-refractivity contribution < 1.29 is 43.1 Å². The Morgan fingerprint density at radius 2 is 1.18 bits per heavy atom. The van der Waals surface area contributed by atoms with Crippen molar-refractivity contribution in [2.45, 2.75) is 32.9 Å². The van der Waals surface area contributed by atoms with E-state index in [4.69, 9.17) is 33.2 Å². The summed E-state index contributed by atoms with van der Waals surface area (Å²) < 4.78 is 39.1. The van der Waals surface area contributed by atoms with E-state index >= 15 is 0 Å². The lowest BCUT2D eigenvalue weighted by molar-refractivity contribution is -0.0152. The summed E-state index contributed by atoms with van der Waals surface area (Å²) in [4.78, 5) is 16.3. The number of benzene rings is 1. The maximum atomic E-state index is 12.5. The lowest BCUT2D eigenvalue weighted by atomic mass is 10.1. The molecule has 1 aromatic rings. The van der Waals surface area contributed by atoms with Crippen LogP contribution in [0.1, 0.15) is 26.3 Å². The lowest BCUT2D eigenvalue weighted by Gasteiger charge is -2.28. The van der Waals surface area contributed by atoms with Gasteiger partial charge in [0.25, 0.3) is 0 Å². The molecule has 11 heteroatoms. The molecule has 0 bridgehead atoms. The van der Waals surface area contributed by atoms with Crippen LogP contribution in [0.2, 0.25) is 0 Å². The Bertz CT molecular complexity index is 736. The molecular formula is C28H48N2O9. The molecule has 0 unspecified atom stereocenters. The van der Waals surface area contributed by atoms with Gasteiger partial charge >= 0.3 is 6.09 Å². The molecule has 1 N–H and O–H groups in total. The summed E-state index contributed by atoms with van der Waals surface area (Å²) in [6, 6.07) is 8.01. The van der Waals surface area contributed by atoms with E-state index in [1.165, 1.54) is 4.90 Å². The van der Waals surface area contributed by atoms with Gasteiger partial charge in [-0.25, -0.2) is 4.79 Å². The van der Waals surface area contributed by atoms with Gasteiger partial charge in [-0.05, 0) is 38.5 Å². The first-order valence-electron chi connectivity index (χ1n) is 13.8. The molecule has 0 saturated carbocycles. The van der Waals surface area contributed by atoms with Crippen LogP contribution < -0.4 is 4.90 Å². The van der Waals surface area contributed by atoms with Crippen molar-refractivity contribution in [1.29, 1.82) is 0 Å². The van der Waals surface area contributed by atoms with Gasteiger partial charge in [0.15, 0.2) is 0 Å². The second kappa shape index (κ2) is 20.0. The van der Waals surface area contributed by atoms with Gasteiger partial charge in [0, 0.05) is 31.9 Å². The number of amides is 1. The Morgan fingerprint density at radius 1 is 0.769 bits per heavy atom. The number of ether oxygens (including phenoxy) is 7. The molecular weight excluding hydrogens is 508 g/mol. The minimum atomic E-state index is -0.603. The molecule has 39 heavy (non-hydrogen) atoms. The number of aliphatic hydroxyl groups is 1. The van der Waals surface area contributed by atoms with Crippen molar-refractivity contribution in [3.8, 4) is 0 Å². The van der Waals surface area contributed by atoms with Crippen molar-refractivity contribution in [2.75, 3.05) is 110 Å². The van der Waals surface area contributed by atoms with Crippen LogP contribution in [0.5, 0.6) is 0 Å². The van der Waals surface area contributed by atoms with Crippen LogP contribution >= 0.6 is 0 Å². The van der Waals surface area contributed by atoms with Crippen LogP contribution in [0, 0.1) is 0 Å². The first-order valence-corrected chi connectivity index (χ1v) is 13.8. The average molecular weight is 557 g/mol. The summed E-state index contributed by atoms with van der Waals surface area (Å²) in [5.41, 5.74) is 1.36. The second-order valence-corrected chi connectivity index (χ2v) is 9.95. The molecule has 1 aromatic carbocycles. The fourth-order valence-electron chi connectivity index (χ4n) is 3.64. The van der Waals surface area contributed by atoms with E-state index in [9.17, 15) is 9.90 Å². The predicted molar refractivity (Wildman–Crippen MR) is 147 cm³/mol. The molecule has 1 saturated heterocycles. The highest BCUT2D eigenvalue weighted by molar-refractivity contribution is 5.68. The number of aliphatic hydroxyl groups excluding tert-OH is 1. The molecule has 1 amide bonds. The number of hydrogen-bond acceptors (Lipinski definition) is 10. The number of rotatable bonds is 5. The molecule has 1 fully saturated rings. The summed E-state index contributed by atoms with van der Waals surface area (Å²) in [6.07, 6.45) is -0.447. The van der Waals surface area contributed by atoms with Crippen molar-refractivity contribution in [3.05, 3.63) is 29.8 Å². The zero-order valence-electron chi connectivity index (χ0n) is 23.9. The third-order valence-corrected chi connectivity index (χ3v) is 5.57. The molecule has 0 aromatic heterocycles.